The van der Waals surface area contributed by atoms with Crippen molar-refractivity contribution < 1.29 is 9.47 Å². The molecular formula is C17H17N3O2. The van der Waals surface area contributed by atoms with E-state index in [4.69, 9.17) is 9.47 Å². The fourth-order valence-electron chi connectivity index (χ4n) is 2.61. The lowest BCUT2D eigenvalue weighted by Gasteiger charge is -2.18. The normalized spacial score (nSPS) is 13.5. The quantitative estimate of drug-likeness (QED) is 0.777. The van der Waals surface area contributed by atoms with Crippen LogP contribution in [0.15, 0.2) is 42.5 Å². The molecule has 1 aliphatic heterocycles. The second kappa shape index (κ2) is 5.69. The summed E-state index contributed by atoms with van der Waals surface area (Å²) in [6.45, 7) is 2.69. The lowest BCUT2D eigenvalue weighted by molar-refractivity contribution is 0.171. The number of fused-ring (bicyclic) bond motifs is 2. The molecule has 4 rings (SSSR count). The first-order chi connectivity index (χ1) is 10.9. The van der Waals surface area contributed by atoms with Gasteiger partial charge in [-0.15, -0.1) is 0 Å². The average molecular weight is 295 g/mol. The van der Waals surface area contributed by atoms with Crippen molar-refractivity contribution in [3.05, 3.63) is 53.9 Å². The summed E-state index contributed by atoms with van der Waals surface area (Å²) in [4.78, 5) is 7.86. The van der Waals surface area contributed by atoms with Crippen LogP contribution in [0.1, 0.15) is 11.4 Å². The molecule has 0 fully saturated rings. The molecule has 2 N–H and O–H groups in total. The standard InChI is InChI=1S/C17H17N3O2/c1-2-4-14-13(3-1)19-17(20-14)11-18-10-12-5-6-15-16(9-12)22-8-7-21-15/h1-6,9,18H,7-8,10-11H2,(H,19,20). The molecule has 5 heteroatoms. The van der Waals surface area contributed by atoms with E-state index in [1.165, 1.54) is 5.56 Å². The van der Waals surface area contributed by atoms with E-state index < -0.39 is 0 Å². The van der Waals surface area contributed by atoms with Crippen molar-refractivity contribution in [1.82, 2.24) is 15.3 Å². The van der Waals surface area contributed by atoms with Crippen LogP contribution in [-0.2, 0) is 13.1 Å². The van der Waals surface area contributed by atoms with Crippen molar-refractivity contribution in [3.63, 3.8) is 0 Å². The molecule has 0 aliphatic carbocycles. The van der Waals surface area contributed by atoms with E-state index in [1.807, 2.05) is 36.4 Å². The number of nitrogens with zero attached hydrogens (tertiary/aromatic N) is 1. The van der Waals surface area contributed by atoms with Gasteiger partial charge in [0, 0.05) is 6.54 Å². The van der Waals surface area contributed by atoms with Crippen LogP contribution in [0.3, 0.4) is 0 Å². The van der Waals surface area contributed by atoms with E-state index in [2.05, 4.69) is 21.4 Å². The van der Waals surface area contributed by atoms with Crippen LogP contribution in [0, 0.1) is 0 Å². The SMILES string of the molecule is c1ccc2[nH]c(CNCc3ccc4c(c3)OCCO4)nc2c1. The van der Waals surface area contributed by atoms with Gasteiger partial charge in [-0.1, -0.05) is 18.2 Å². The Hall–Kier alpha value is -2.53. The predicted octanol–water partition coefficient (Wildman–Crippen LogP) is 2.62. The number of imidazole rings is 1. The van der Waals surface area contributed by atoms with Crippen LogP contribution in [-0.4, -0.2) is 23.2 Å². The second-order valence-corrected chi connectivity index (χ2v) is 5.28. The van der Waals surface area contributed by atoms with E-state index in [-0.39, 0.29) is 0 Å². The number of benzene rings is 2. The smallest absolute Gasteiger partial charge is 0.161 e. The second-order valence-electron chi connectivity index (χ2n) is 5.28. The Morgan fingerprint density at radius 1 is 1.00 bits per heavy atom. The number of para-hydroxylation sites is 2. The number of aromatic amines is 1. The van der Waals surface area contributed by atoms with Gasteiger partial charge >= 0.3 is 0 Å². The van der Waals surface area contributed by atoms with Gasteiger partial charge in [-0.05, 0) is 29.8 Å². The minimum atomic E-state index is 0.614. The summed E-state index contributed by atoms with van der Waals surface area (Å²) in [6.07, 6.45) is 0. The Bertz CT molecular complexity index is 764. The van der Waals surface area contributed by atoms with E-state index in [0.29, 0.717) is 19.8 Å². The summed E-state index contributed by atoms with van der Waals surface area (Å²) >= 11 is 0. The molecule has 0 unspecified atom stereocenters. The minimum Gasteiger partial charge on any atom is -0.486 e. The summed E-state index contributed by atoms with van der Waals surface area (Å²) in [5, 5.41) is 3.40. The summed E-state index contributed by atoms with van der Waals surface area (Å²) in [5.74, 6) is 2.60. The van der Waals surface area contributed by atoms with E-state index >= 15 is 0 Å². The van der Waals surface area contributed by atoms with Crippen molar-refractivity contribution in [3.8, 4) is 11.5 Å². The molecule has 2 aromatic carbocycles. The van der Waals surface area contributed by atoms with Crippen molar-refractivity contribution in [2.24, 2.45) is 0 Å². The first-order valence-corrected chi connectivity index (χ1v) is 7.41. The zero-order valence-electron chi connectivity index (χ0n) is 12.1. The molecule has 0 spiro atoms. The lowest BCUT2D eigenvalue weighted by Crippen LogP contribution is -2.17. The molecule has 0 saturated heterocycles. The zero-order valence-corrected chi connectivity index (χ0v) is 12.1. The first-order valence-electron chi connectivity index (χ1n) is 7.41. The van der Waals surface area contributed by atoms with Crippen LogP contribution in [0.2, 0.25) is 0 Å². The summed E-state index contributed by atoms with van der Waals surface area (Å²) in [7, 11) is 0. The van der Waals surface area contributed by atoms with Crippen molar-refractivity contribution in [1.29, 1.82) is 0 Å². The largest absolute Gasteiger partial charge is 0.486 e. The fourth-order valence-corrected chi connectivity index (χ4v) is 2.61. The molecule has 0 atom stereocenters. The van der Waals surface area contributed by atoms with Crippen LogP contribution in [0.5, 0.6) is 11.5 Å². The van der Waals surface area contributed by atoms with Gasteiger partial charge < -0.3 is 19.8 Å². The summed E-state index contributed by atoms with van der Waals surface area (Å²) in [5.41, 5.74) is 3.23. The number of H-pyrrole nitrogens is 1. The third-order valence-corrected chi connectivity index (χ3v) is 3.67. The molecular weight excluding hydrogens is 278 g/mol. The number of hydrogen-bond donors (Lipinski definition) is 2. The Balaban J connectivity index is 1.40. The molecule has 0 bridgehead atoms. The topological polar surface area (TPSA) is 59.2 Å². The molecule has 112 valence electrons. The number of hydrogen-bond acceptors (Lipinski definition) is 4. The highest BCUT2D eigenvalue weighted by Gasteiger charge is 2.11. The van der Waals surface area contributed by atoms with Crippen molar-refractivity contribution >= 4 is 11.0 Å². The summed E-state index contributed by atoms with van der Waals surface area (Å²) < 4.78 is 11.1. The maximum Gasteiger partial charge on any atom is 0.161 e. The molecule has 1 aliphatic rings. The number of rotatable bonds is 4. The Labute approximate surface area is 128 Å². The van der Waals surface area contributed by atoms with E-state index in [1.54, 1.807) is 0 Å². The molecule has 0 radical (unpaired) electrons. The van der Waals surface area contributed by atoms with Crippen LogP contribution < -0.4 is 14.8 Å². The van der Waals surface area contributed by atoms with Gasteiger partial charge in [0.05, 0.1) is 17.6 Å². The number of nitrogens with one attached hydrogen (secondary N) is 2. The zero-order chi connectivity index (χ0) is 14.8. The van der Waals surface area contributed by atoms with Gasteiger partial charge in [0.1, 0.15) is 19.0 Å². The van der Waals surface area contributed by atoms with Gasteiger partial charge in [0.25, 0.3) is 0 Å². The highest BCUT2D eigenvalue weighted by atomic mass is 16.6. The highest BCUT2D eigenvalue weighted by Crippen LogP contribution is 2.30. The lowest BCUT2D eigenvalue weighted by atomic mass is 10.2. The number of ether oxygens (including phenoxy) is 2. The third kappa shape index (κ3) is 2.63. The third-order valence-electron chi connectivity index (χ3n) is 3.67. The van der Waals surface area contributed by atoms with E-state index in [0.717, 1.165) is 34.9 Å². The Kier molecular flexibility index (Phi) is 3.40. The Morgan fingerprint density at radius 3 is 2.77 bits per heavy atom. The molecule has 2 heterocycles. The van der Waals surface area contributed by atoms with Crippen molar-refractivity contribution in [2.75, 3.05) is 13.2 Å². The maximum absolute atomic E-state index is 5.60. The van der Waals surface area contributed by atoms with Gasteiger partial charge in [-0.25, -0.2) is 4.98 Å². The predicted molar refractivity (Wildman–Crippen MR) is 84.1 cm³/mol. The molecule has 1 aromatic heterocycles. The molecule has 22 heavy (non-hydrogen) atoms. The van der Waals surface area contributed by atoms with Crippen LogP contribution in [0.4, 0.5) is 0 Å². The van der Waals surface area contributed by atoms with Gasteiger partial charge in [0.15, 0.2) is 11.5 Å². The molecule has 3 aromatic rings. The van der Waals surface area contributed by atoms with Crippen molar-refractivity contribution in [2.45, 2.75) is 13.1 Å². The maximum atomic E-state index is 5.60. The molecule has 0 saturated carbocycles. The monoisotopic (exact) mass is 295 g/mol. The fraction of sp³-hybridized carbons (Fsp3) is 0.235. The summed E-state index contributed by atoms with van der Waals surface area (Å²) in [6, 6.07) is 14.1. The van der Waals surface area contributed by atoms with Gasteiger partial charge in [-0.2, -0.15) is 0 Å². The van der Waals surface area contributed by atoms with Crippen LogP contribution in [0.25, 0.3) is 11.0 Å². The first kappa shape index (κ1) is 13.2. The van der Waals surface area contributed by atoms with Gasteiger partial charge in [0.2, 0.25) is 0 Å². The van der Waals surface area contributed by atoms with Gasteiger partial charge in [-0.3, -0.25) is 0 Å². The highest BCUT2D eigenvalue weighted by molar-refractivity contribution is 5.74. The molecule has 5 nitrogen and oxygen atoms in total. The van der Waals surface area contributed by atoms with Crippen LogP contribution >= 0.6 is 0 Å². The molecule has 0 amide bonds. The average Bonchev–Trinajstić information content (AvgIpc) is 2.97. The van der Waals surface area contributed by atoms with E-state index in [9.17, 15) is 0 Å². The minimum absolute atomic E-state index is 0.614. The Morgan fingerprint density at radius 2 is 1.86 bits per heavy atom. The number of aromatic nitrogens is 2.